The Morgan fingerprint density at radius 2 is 1.67 bits per heavy atom. The molecule has 2 amide bonds. The predicted octanol–water partition coefficient (Wildman–Crippen LogP) is 2.61. The first kappa shape index (κ1) is 20.2. The van der Waals surface area contributed by atoms with Crippen LogP contribution in [0.15, 0.2) is 36.4 Å². The topological polar surface area (TPSA) is 76.7 Å². The van der Waals surface area contributed by atoms with E-state index in [0.717, 1.165) is 11.1 Å². The molecule has 144 valence electrons. The van der Waals surface area contributed by atoms with Crippen molar-refractivity contribution in [3.63, 3.8) is 0 Å². The molecule has 2 rings (SSSR count). The predicted molar refractivity (Wildman–Crippen MR) is 99.0 cm³/mol. The number of hydrogen-bond donors (Lipinski definition) is 2. The molecule has 2 aromatic carbocycles. The summed E-state index contributed by atoms with van der Waals surface area (Å²) in [6.45, 7) is 3.66. The number of hydrogen-bond acceptors (Lipinski definition) is 4. The molecule has 27 heavy (non-hydrogen) atoms. The second-order valence-electron chi connectivity index (χ2n) is 6.18. The van der Waals surface area contributed by atoms with Crippen LogP contribution in [-0.2, 0) is 16.0 Å². The van der Waals surface area contributed by atoms with E-state index in [1.165, 1.54) is 19.2 Å². The lowest BCUT2D eigenvalue weighted by molar-refractivity contribution is -0.130. The van der Waals surface area contributed by atoms with Crippen LogP contribution in [0.4, 0.5) is 4.39 Å². The molecule has 0 aromatic heterocycles. The standard InChI is InChI=1S/C20H23FN2O4/c1-13-8-14(2)10-16(9-13)27-12-20(25)23-22-19(24)7-5-15-4-6-18(26-3)17(21)11-15/h4,6,8-11H,5,7,12H2,1-3H3,(H,22,24)(H,23,25). The van der Waals surface area contributed by atoms with Crippen molar-refractivity contribution in [3.05, 3.63) is 58.9 Å². The van der Waals surface area contributed by atoms with Gasteiger partial charge in [-0.05, 0) is 61.2 Å². The minimum Gasteiger partial charge on any atom is -0.494 e. The Hall–Kier alpha value is -3.09. The monoisotopic (exact) mass is 374 g/mol. The highest BCUT2D eigenvalue weighted by Crippen LogP contribution is 2.18. The average Bonchev–Trinajstić information content (AvgIpc) is 2.62. The maximum Gasteiger partial charge on any atom is 0.276 e. The Bertz CT molecular complexity index is 803. The van der Waals surface area contributed by atoms with Gasteiger partial charge in [0.05, 0.1) is 7.11 Å². The number of rotatable bonds is 7. The van der Waals surface area contributed by atoms with Gasteiger partial charge >= 0.3 is 0 Å². The molecule has 0 unspecified atom stereocenters. The van der Waals surface area contributed by atoms with Gasteiger partial charge in [0.15, 0.2) is 18.2 Å². The molecule has 0 atom stereocenters. The molecule has 0 heterocycles. The molecule has 7 heteroatoms. The molecule has 0 aliphatic rings. The number of aryl methyl sites for hydroxylation is 3. The summed E-state index contributed by atoms with van der Waals surface area (Å²) in [4.78, 5) is 23.6. The number of methoxy groups -OCH3 is 1. The fourth-order valence-electron chi connectivity index (χ4n) is 2.53. The van der Waals surface area contributed by atoms with E-state index in [9.17, 15) is 14.0 Å². The van der Waals surface area contributed by atoms with Gasteiger partial charge in [0.2, 0.25) is 5.91 Å². The van der Waals surface area contributed by atoms with Crippen LogP contribution in [0.3, 0.4) is 0 Å². The lowest BCUT2D eigenvalue weighted by Crippen LogP contribution is -2.43. The van der Waals surface area contributed by atoms with Crippen molar-refractivity contribution < 1.29 is 23.5 Å². The number of carbonyl (C=O) groups excluding carboxylic acids is 2. The third-order valence-corrected chi connectivity index (χ3v) is 3.76. The molecule has 0 radical (unpaired) electrons. The van der Waals surface area contributed by atoms with Crippen molar-refractivity contribution in [2.24, 2.45) is 0 Å². The largest absolute Gasteiger partial charge is 0.494 e. The van der Waals surface area contributed by atoms with Gasteiger partial charge in [-0.2, -0.15) is 0 Å². The lowest BCUT2D eigenvalue weighted by atomic mass is 10.1. The van der Waals surface area contributed by atoms with Crippen LogP contribution in [0, 0.1) is 19.7 Å². The smallest absolute Gasteiger partial charge is 0.276 e. The minimum atomic E-state index is -0.479. The minimum absolute atomic E-state index is 0.101. The first-order valence-corrected chi connectivity index (χ1v) is 8.48. The van der Waals surface area contributed by atoms with Crippen molar-refractivity contribution in [3.8, 4) is 11.5 Å². The number of hydrazine groups is 1. The van der Waals surface area contributed by atoms with Crippen LogP contribution >= 0.6 is 0 Å². The van der Waals surface area contributed by atoms with Crippen LogP contribution in [0.1, 0.15) is 23.1 Å². The summed E-state index contributed by atoms with van der Waals surface area (Å²) >= 11 is 0. The number of amides is 2. The second-order valence-corrected chi connectivity index (χ2v) is 6.18. The molecule has 0 saturated heterocycles. The maximum absolute atomic E-state index is 13.6. The summed E-state index contributed by atoms with van der Waals surface area (Å²) in [5.41, 5.74) is 7.33. The summed E-state index contributed by atoms with van der Waals surface area (Å²) in [5, 5.41) is 0. The van der Waals surface area contributed by atoms with Crippen molar-refractivity contribution in [2.75, 3.05) is 13.7 Å². The zero-order valence-electron chi connectivity index (χ0n) is 15.6. The van der Waals surface area contributed by atoms with E-state index in [1.807, 2.05) is 32.0 Å². The van der Waals surface area contributed by atoms with Crippen LogP contribution < -0.4 is 20.3 Å². The van der Waals surface area contributed by atoms with Crippen molar-refractivity contribution in [2.45, 2.75) is 26.7 Å². The normalized spacial score (nSPS) is 10.2. The molecule has 0 saturated carbocycles. The molecule has 0 bridgehead atoms. The molecular weight excluding hydrogens is 351 g/mol. The summed E-state index contributed by atoms with van der Waals surface area (Å²) in [7, 11) is 1.39. The fraction of sp³-hybridized carbons (Fsp3) is 0.300. The van der Waals surface area contributed by atoms with E-state index >= 15 is 0 Å². The van der Waals surface area contributed by atoms with E-state index in [4.69, 9.17) is 9.47 Å². The van der Waals surface area contributed by atoms with Crippen LogP contribution in [-0.4, -0.2) is 25.5 Å². The van der Waals surface area contributed by atoms with Gasteiger partial charge in [-0.15, -0.1) is 0 Å². The Balaban J connectivity index is 1.71. The molecule has 0 spiro atoms. The van der Waals surface area contributed by atoms with Gasteiger partial charge in [0.25, 0.3) is 5.91 Å². The third kappa shape index (κ3) is 6.62. The molecular formula is C20H23FN2O4. The number of ether oxygens (including phenoxy) is 2. The summed E-state index contributed by atoms with van der Waals surface area (Å²) < 4.78 is 23.9. The van der Waals surface area contributed by atoms with Gasteiger partial charge in [-0.25, -0.2) is 4.39 Å². The average molecular weight is 374 g/mol. The molecule has 0 aliphatic heterocycles. The Labute approximate surface area is 157 Å². The number of nitrogens with one attached hydrogen (secondary N) is 2. The first-order chi connectivity index (χ1) is 12.9. The van der Waals surface area contributed by atoms with Gasteiger partial charge < -0.3 is 9.47 Å². The zero-order valence-corrected chi connectivity index (χ0v) is 15.6. The molecule has 2 aromatic rings. The third-order valence-electron chi connectivity index (χ3n) is 3.76. The summed E-state index contributed by atoms with van der Waals surface area (Å²) in [6.07, 6.45) is 0.436. The van der Waals surface area contributed by atoms with Gasteiger partial charge in [-0.1, -0.05) is 12.1 Å². The summed E-state index contributed by atoms with van der Waals surface area (Å²) in [6, 6.07) is 10.2. The number of carbonyl (C=O) groups is 2. The van der Waals surface area contributed by atoms with E-state index in [1.54, 1.807) is 6.07 Å². The van der Waals surface area contributed by atoms with Gasteiger partial charge in [-0.3, -0.25) is 20.4 Å². The number of benzene rings is 2. The van der Waals surface area contributed by atoms with Crippen molar-refractivity contribution in [1.29, 1.82) is 0 Å². The van der Waals surface area contributed by atoms with Crippen molar-refractivity contribution in [1.82, 2.24) is 10.9 Å². The van der Waals surface area contributed by atoms with Gasteiger partial charge in [0, 0.05) is 6.42 Å². The van der Waals surface area contributed by atoms with Gasteiger partial charge in [0.1, 0.15) is 5.75 Å². The quantitative estimate of drug-likeness (QED) is 0.731. The Kier molecular flexibility index (Phi) is 7.16. The Morgan fingerprint density at radius 3 is 2.30 bits per heavy atom. The second kappa shape index (κ2) is 9.56. The molecule has 6 nitrogen and oxygen atoms in total. The highest BCUT2D eigenvalue weighted by atomic mass is 19.1. The fourth-order valence-corrected chi connectivity index (χ4v) is 2.53. The molecule has 2 N–H and O–H groups in total. The number of halogens is 1. The van der Waals surface area contributed by atoms with E-state index in [-0.39, 0.29) is 24.7 Å². The summed E-state index contributed by atoms with van der Waals surface area (Å²) in [5.74, 6) is -0.592. The van der Waals surface area contributed by atoms with Crippen LogP contribution in [0.5, 0.6) is 11.5 Å². The SMILES string of the molecule is COc1ccc(CCC(=O)NNC(=O)COc2cc(C)cc(C)c2)cc1F. The Morgan fingerprint density at radius 1 is 1.00 bits per heavy atom. The van der Waals surface area contributed by atoms with E-state index in [0.29, 0.717) is 17.7 Å². The van der Waals surface area contributed by atoms with E-state index in [2.05, 4.69) is 10.9 Å². The van der Waals surface area contributed by atoms with Crippen molar-refractivity contribution >= 4 is 11.8 Å². The zero-order chi connectivity index (χ0) is 19.8. The lowest BCUT2D eigenvalue weighted by Gasteiger charge is -2.10. The molecule has 0 aliphatic carbocycles. The van der Waals surface area contributed by atoms with Crippen LogP contribution in [0.2, 0.25) is 0 Å². The maximum atomic E-state index is 13.6. The first-order valence-electron chi connectivity index (χ1n) is 8.48. The highest BCUT2D eigenvalue weighted by Gasteiger charge is 2.08. The van der Waals surface area contributed by atoms with Crippen LogP contribution in [0.25, 0.3) is 0 Å². The molecule has 0 fully saturated rings. The highest BCUT2D eigenvalue weighted by molar-refractivity contribution is 5.82. The van der Waals surface area contributed by atoms with E-state index < -0.39 is 11.7 Å².